The summed E-state index contributed by atoms with van der Waals surface area (Å²) in [6, 6.07) is 1.35. The molecule has 24 heteroatoms. The van der Waals surface area contributed by atoms with Gasteiger partial charge in [-0.1, -0.05) is 311 Å². The van der Waals surface area contributed by atoms with E-state index >= 15 is 0 Å². The minimum absolute atomic E-state index is 0.0382. The quantitative estimate of drug-likeness (QED) is 0.0222. The number of rotatable bonds is 36. The number of nitrogens with one attached hydrogen (secondary N) is 6. The first kappa shape index (κ1) is 177. The summed E-state index contributed by atoms with van der Waals surface area (Å²) in [4.78, 5) is 27.6. The van der Waals surface area contributed by atoms with E-state index in [1.807, 2.05) is 180 Å². The molecule has 0 amide bonds. The maximum absolute atomic E-state index is 12.5. The molecule has 6 heterocycles. The van der Waals surface area contributed by atoms with Gasteiger partial charge in [0.05, 0.1) is 19.8 Å². The summed E-state index contributed by atoms with van der Waals surface area (Å²) in [6.45, 7) is 130. The molecule has 0 spiro atoms. The molecule has 6 saturated heterocycles. The molecule has 0 aliphatic carbocycles. The predicted molar refractivity (Wildman–Crippen MR) is 624 cm³/mol. The van der Waals surface area contributed by atoms with Crippen LogP contribution in [-0.2, 0) is 0 Å². The number of hydrogen-bond donors (Lipinski definition) is 8. The van der Waals surface area contributed by atoms with E-state index in [2.05, 4.69) is 274 Å². The van der Waals surface area contributed by atoms with Crippen molar-refractivity contribution in [1.29, 1.82) is 0 Å². The van der Waals surface area contributed by atoms with Gasteiger partial charge in [-0.2, -0.15) is 0 Å². The molecule has 136 heavy (non-hydrogen) atoms. The fourth-order valence-electron chi connectivity index (χ4n) is 12.9. The first-order valence-corrected chi connectivity index (χ1v) is 57.6. The second-order valence-corrected chi connectivity index (χ2v) is 33.6. The van der Waals surface area contributed by atoms with E-state index in [4.69, 9.17) is 10.2 Å². The Labute approximate surface area is 861 Å². The number of aliphatic hydroxyl groups excluding tert-OH is 2. The lowest BCUT2D eigenvalue weighted by atomic mass is 9.87. The predicted octanol–water partition coefficient (Wildman–Crippen LogP) is 24.1. The van der Waals surface area contributed by atoms with Crippen molar-refractivity contribution in [2.75, 3.05) is 312 Å². The van der Waals surface area contributed by atoms with Crippen LogP contribution in [0.1, 0.15) is 388 Å². The first-order valence-electron chi connectivity index (χ1n) is 57.6. The second kappa shape index (κ2) is 152. The summed E-state index contributed by atoms with van der Waals surface area (Å²) in [6.07, 6.45) is 13.6. The van der Waals surface area contributed by atoms with E-state index in [1.54, 1.807) is 4.90 Å². The van der Waals surface area contributed by atoms with Crippen LogP contribution in [0.2, 0.25) is 0 Å². The lowest BCUT2D eigenvalue weighted by Gasteiger charge is -2.34. The van der Waals surface area contributed by atoms with Gasteiger partial charge in [-0.15, -0.1) is 0 Å². The van der Waals surface area contributed by atoms with Gasteiger partial charge in [0.1, 0.15) is 0 Å². The average molecular weight is 1980 g/mol. The fourth-order valence-corrected chi connectivity index (χ4v) is 12.9. The second-order valence-electron chi connectivity index (χ2n) is 33.6. The van der Waals surface area contributed by atoms with Crippen molar-refractivity contribution in [1.82, 2.24) is 90.7 Å². The van der Waals surface area contributed by atoms with E-state index in [0.29, 0.717) is 31.6 Å². The molecule has 852 valence electrons. The summed E-state index contributed by atoms with van der Waals surface area (Å²) < 4.78 is 49.7. The normalized spacial score (nSPS) is 15.8. The minimum atomic E-state index is -2.41. The Hall–Kier alpha value is -1.08. The van der Waals surface area contributed by atoms with Gasteiger partial charge in [-0.25, -0.2) is 17.6 Å². The number of piperidine rings is 3. The highest BCUT2D eigenvalue weighted by molar-refractivity contribution is 4.82. The van der Waals surface area contributed by atoms with Crippen LogP contribution >= 0.6 is 0 Å². The van der Waals surface area contributed by atoms with Crippen LogP contribution in [0.4, 0.5) is 17.6 Å². The Morgan fingerprint density at radius 2 is 0.684 bits per heavy atom. The van der Waals surface area contributed by atoms with Crippen molar-refractivity contribution in [2.24, 2.45) is 17.3 Å². The summed E-state index contributed by atoms with van der Waals surface area (Å²) in [5.41, 5.74) is 0.157. The monoisotopic (exact) mass is 1980 g/mol. The van der Waals surface area contributed by atoms with Gasteiger partial charge in [0.15, 0.2) is 0 Å². The minimum Gasteiger partial charge on any atom is -0.395 e. The number of likely N-dealkylation sites (N-methyl/N-ethyl adjacent to an activating group) is 6. The molecule has 6 fully saturated rings. The highest BCUT2D eigenvalue weighted by Crippen LogP contribution is 2.28. The van der Waals surface area contributed by atoms with Gasteiger partial charge in [0.2, 0.25) is 0 Å². The van der Waals surface area contributed by atoms with Gasteiger partial charge in [0, 0.05) is 103 Å². The number of alkyl halides is 4. The van der Waals surface area contributed by atoms with Crippen LogP contribution in [0.15, 0.2) is 0 Å². The number of halogens is 4. The smallest absolute Gasteiger partial charge is 0.261 e. The molecule has 20 nitrogen and oxygen atoms in total. The van der Waals surface area contributed by atoms with Crippen molar-refractivity contribution in [3.05, 3.63) is 0 Å². The van der Waals surface area contributed by atoms with Crippen LogP contribution in [0.25, 0.3) is 0 Å². The molecule has 6 aliphatic heterocycles. The molecule has 0 aromatic carbocycles. The van der Waals surface area contributed by atoms with Crippen molar-refractivity contribution < 1.29 is 27.8 Å². The van der Waals surface area contributed by atoms with Gasteiger partial charge in [-0.05, 0) is 302 Å². The molecule has 6 aliphatic rings. The largest absolute Gasteiger partial charge is 0.395 e. The summed E-state index contributed by atoms with van der Waals surface area (Å²) in [5, 5.41) is 37.4. The highest BCUT2D eigenvalue weighted by atomic mass is 19.3. The molecule has 8 N–H and O–H groups in total. The number of aliphatic hydroxyl groups is 2. The Morgan fingerprint density at radius 3 is 0.949 bits per heavy atom. The first-order chi connectivity index (χ1) is 65.0. The molecule has 0 radical (unpaired) electrons. The third-order valence-corrected chi connectivity index (χ3v) is 20.8. The Morgan fingerprint density at radius 1 is 0.360 bits per heavy atom. The molecule has 3 atom stereocenters. The number of piperazine rings is 1. The topological polar surface area (TPSA) is 152 Å². The third kappa shape index (κ3) is 156. The van der Waals surface area contributed by atoms with E-state index < -0.39 is 11.8 Å². The van der Waals surface area contributed by atoms with E-state index in [0.717, 1.165) is 103 Å². The maximum atomic E-state index is 12.5. The van der Waals surface area contributed by atoms with Crippen LogP contribution in [-0.4, -0.2) is 411 Å². The van der Waals surface area contributed by atoms with E-state index in [9.17, 15) is 17.6 Å². The molecule has 0 aromatic rings. The zero-order valence-corrected chi connectivity index (χ0v) is 104. The van der Waals surface area contributed by atoms with Gasteiger partial charge >= 0.3 is 0 Å². The van der Waals surface area contributed by atoms with Crippen molar-refractivity contribution in [3.63, 3.8) is 0 Å². The summed E-state index contributed by atoms with van der Waals surface area (Å²) >= 11 is 0. The van der Waals surface area contributed by atoms with Gasteiger partial charge in [-0.3, -0.25) is 4.90 Å². The number of nitrogens with zero attached hydrogens (tertiary/aromatic N) is 12. The number of likely N-dealkylation sites (tertiary alicyclic amines) is 5. The maximum Gasteiger partial charge on any atom is 0.261 e. The van der Waals surface area contributed by atoms with Crippen molar-refractivity contribution in [2.45, 2.75) is 418 Å². The van der Waals surface area contributed by atoms with Crippen LogP contribution in [0.5, 0.6) is 0 Å². The van der Waals surface area contributed by atoms with Crippen LogP contribution < -0.4 is 31.9 Å². The van der Waals surface area contributed by atoms with Crippen molar-refractivity contribution >= 4 is 0 Å². The SMILES string of the molecule is CC.CC.CC.CC.CC.CC.CC.CC.CC.CC.CC.CC.CCN1CCC(F)(F)C1.CCN1CCC(F)(F)CC1.CCN1CCC(N(C)C)CC1.CCN1CCCC1.CCN1CCCCC1.CCN1CCN(C)CC1.CCNCC(C)CN(C)C.CCNCCCN(C)C.CCNCCCN(CC)CC.CCNCCN(C)C.CCN[C@H](CO)C(C)(C)C.CCN[C@H](CO)CC(C)C. The summed E-state index contributed by atoms with van der Waals surface area (Å²) in [5.74, 6) is -3.37. The molecule has 0 aromatic heterocycles. The van der Waals surface area contributed by atoms with Crippen molar-refractivity contribution in [3.8, 4) is 0 Å². The molecular formula is C112H274F4N18O2. The number of hydrogen-bond acceptors (Lipinski definition) is 20. The third-order valence-electron chi connectivity index (χ3n) is 20.8. The van der Waals surface area contributed by atoms with E-state index in [1.165, 1.54) is 182 Å². The zero-order valence-electron chi connectivity index (χ0n) is 104. The molecular weight excluding hydrogens is 1710 g/mol. The highest BCUT2D eigenvalue weighted by Gasteiger charge is 2.37. The van der Waals surface area contributed by atoms with Crippen LogP contribution in [0.3, 0.4) is 0 Å². The zero-order chi connectivity index (χ0) is 111. The van der Waals surface area contributed by atoms with Gasteiger partial charge < -0.3 is 96.0 Å². The fraction of sp³-hybridized carbons (Fsp3) is 1.00. The lowest BCUT2D eigenvalue weighted by Crippen LogP contribution is -2.44. The summed E-state index contributed by atoms with van der Waals surface area (Å²) in [7, 11) is 19.2. The van der Waals surface area contributed by atoms with E-state index in [-0.39, 0.29) is 50.5 Å². The molecule has 0 bridgehead atoms. The molecule has 1 unspecified atom stereocenters. The standard InChI is InChI=1S/C9H20N2.C9H22N2.C8H20N2.2C8H19NO.C7H13F2N.C7H16N2.C7H18N2.C7H15N.C6H11F2N.C6H16N2.C6H13N.12C2H6/c1-4-11-7-5-9(6-8-11)10(2)3;1-4-10-8-7-9-11(5-2)6-3;1-5-9-6-8(2)7-10(3)4;1-5-9-7(6-10)8(2,3)4;1-4-9-8(6-10)5-7(2)3;1-2-10-5-3-7(8,9)4-6-10;1-3-9-6-4-8(2)5-7-9;1-4-8-6-5-7-9(2)3;1-2-8-6-4-3-5-7-8;1-2-9-4-3-6(7,8)5-9;1-4-7-5-6-8(2)3;1-2-7-5-3-4-6-7;12*1-2/h9H,4-8H2,1-3H3;10H,4-9H2,1-3H3;8-9H,5-7H2,1-4H3;7,9-10H,5-6H2,1-4H3;7-10H,4-6H2,1-3H3;2-6H2,1H3;3-7H2,1-2H3;8H,4-7H2,1-3H3;2-7H2,1H3;2-5H2,1H3;7H,4-6H2,1-3H3;2-6H2,1H3;12*1-2H3/t;;;7-;8-;;;;;;;;;;;;;;;;;;;/m...10.................../s1. The Kier molecular flexibility index (Phi) is 197. The Balaban J connectivity index is -0.0000000684. The lowest BCUT2D eigenvalue weighted by molar-refractivity contribution is -0.0541. The van der Waals surface area contributed by atoms with Crippen LogP contribution in [0, 0.1) is 17.3 Å². The molecule has 6 rings (SSSR count). The molecule has 0 saturated carbocycles. The average Bonchev–Trinajstić information content (AvgIpc) is 1.72. The van der Waals surface area contributed by atoms with Gasteiger partial charge in [0.25, 0.3) is 11.8 Å². The Bertz CT molecular complexity index is 1810.